The standard InChI is InChI=1S/C18H18N6O2/c1-2-26-12-9-7-11(8-10-12)20-17-22-16(19)23-18(24-17)13-5-3-4-6-14(13)21-15(18)25/h3-10H,2H2,1H3,(H,21,25)(H4,19,20,22,23,24)/p+1/t18-/m0/s1. The maximum Gasteiger partial charge on any atom is 0.358 e. The van der Waals surface area contributed by atoms with Crippen LogP contribution in [-0.4, -0.2) is 24.4 Å². The molecule has 0 aliphatic carbocycles. The monoisotopic (exact) mass is 351 g/mol. The zero-order valence-corrected chi connectivity index (χ0v) is 14.2. The molecule has 2 aliphatic heterocycles. The highest BCUT2D eigenvalue weighted by Gasteiger charge is 2.51. The van der Waals surface area contributed by atoms with E-state index in [1.807, 2.05) is 55.5 Å². The van der Waals surface area contributed by atoms with E-state index >= 15 is 0 Å². The Balaban J connectivity index is 1.67. The molecule has 8 heteroatoms. The van der Waals surface area contributed by atoms with Gasteiger partial charge in [0.1, 0.15) is 5.75 Å². The summed E-state index contributed by atoms with van der Waals surface area (Å²) in [5.41, 5.74) is 6.90. The molecule has 26 heavy (non-hydrogen) atoms. The van der Waals surface area contributed by atoms with E-state index < -0.39 is 5.66 Å². The number of nitrogens with two attached hydrogens (primary N) is 1. The Bertz CT molecular complexity index is 922. The molecular weight excluding hydrogens is 332 g/mol. The molecule has 0 fully saturated rings. The molecule has 0 saturated carbocycles. The fourth-order valence-electron chi connectivity index (χ4n) is 3.06. The van der Waals surface area contributed by atoms with Crippen LogP contribution in [-0.2, 0) is 10.5 Å². The predicted octanol–water partition coefficient (Wildman–Crippen LogP) is -0.343. The van der Waals surface area contributed by atoms with E-state index in [0.29, 0.717) is 18.3 Å². The van der Waals surface area contributed by atoms with Gasteiger partial charge in [-0.05, 0) is 37.3 Å². The van der Waals surface area contributed by atoms with E-state index in [1.54, 1.807) is 0 Å². The van der Waals surface area contributed by atoms with Crippen molar-refractivity contribution in [3.05, 3.63) is 54.1 Å². The van der Waals surface area contributed by atoms with Crippen LogP contribution < -0.4 is 31.4 Å². The second-order valence-corrected chi connectivity index (χ2v) is 5.91. The Morgan fingerprint density at radius 2 is 1.96 bits per heavy atom. The van der Waals surface area contributed by atoms with Gasteiger partial charge in [-0.25, -0.2) is 15.6 Å². The molecule has 1 spiro atoms. The van der Waals surface area contributed by atoms with Crippen LogP contribution in [0.25, 0.3) is 0 Å². The zero-order chi connectivity index (χ0) is 18.1. The van der Waals surface area contributed by atoms with Gasteiger partial charge in [0.2, 0.25) is 0 Å². The van der Waals surface area contributed by atoms with Crippen LogP contribution in [0.15, 0.2) is 53.5 Å². The summed E-state index contributed by atoms with van der Waals surface area (Å²) in [5, 5.41) is 8.93. The third-order valence-electron chi connectivity index (χ3n) is 4.18. The molecular formula is C18H19N6O2+. The molecule has 2 aromatic rings. The SMILES string of the molecule is CCOc1ccc(NC2=[NH+][C@]3(N=C(N)N2)C(=O)Nc2ccccc23)cc1. The zero-order valence-electron chi connectivity index (χ0n) is 14.2. The van der Waals surface area contributed by atoms with E-state index in [-0.39, 0.29) is 11.9 Å². The predicted molar refractivity (Wildman–Crippen MR) is 98.7 cm³/mol. The number of para-hydroxylation sites is 1. The minimum atomic E-state index is -1.29. The van der Waals surface area contributed by atoms with Crippen molar-refractivity contribution in [1.29, 1.82) is 0 Å². The first-order chi connectivity index (χ1) is 12.6. The van der Waals surface area contributed by atoms with Crippen LogP contribution in [0, 0.1) is 0 Å². The second-order valence-electron chi connectivity index (χ2n) is 5.91. The number of anilines is 2. The summed E-state index contributed by atoms with van der Waals surface area (Å²) in [6, 6.07) is 14.9. The number of hydrogen-bond acceptors (Lipinski definition) is 6. The van der Waals surface area contributed by atoms with Crippen molar-refractivity contribution in [1.82, 2.24) is 5.32 Å². The molecule has 0 aromatic heterocycles. The number of nitrogens with zero attached hydrogens (tertiary/aromatic N) is 1. The smallest absolute Gasteiger partial charge is 0.358 e. The summed E-state index contributed by atoms with van der Waals surface area (Å²) < 4.78 is 5.44. The van der Waals surface area contributed by atoms with Crippen LogP contribution in [0.4, 0.5) is 11.4 Å². The number of ether oxygens (including phenoxy) is 1. The first-order valence-corrected chi connectivity index (χ1v) is 8.29. The van der Waals surface area contributed by atoms with Crippen LogP contribution in [0.2, 0.25) is 0 Å². The lowest BCUT2D eigenvalue weighted by Gasteiger charge is -2.22. The van der Waals surface area contributed by atoms with Crippen LogP contribution >= 0.6 is 0 Å². The summed E-state index contributed by atoms with van der Waals surface area (Å²) in [4.78, 5) is 20.1. The number of guanidine groups is 2. The molecule has 132 valence electrons. The van der Waals surface area contributed by atoms with E-state index in [4.69, 9.17) is 10.5 Å². The second kappa shape index (κ2) is 6.07. The molecule has 2 aromatic carbocycles. The van der Waals surface area contributed by atoms with Crippen molar-refractivity contribution < 1.29 is 14.5 Å². The average molecular weight is 351 g/mol. The number of hydrogen-bond donors (Lipinski definition) is 5. The van der Waals surface area contributed by atoms with E-state index in [0.717, 1.165) is 17.0 Å². The Kier molecular flexibility index (Phi) is 3.72. The van der Waals surface area contributed by atoms with E-state index in [2.05, 4.69) is 25.9 Å². The highest BCUT2D eigenvalue weighted by atomic mass is 16.5. The van der Waals surface area contributed by atoms with Crippen molar-refractivity contribution in [3.63, 3.8) is 0 Å². The molecule has 6 N–H and O–H groups in total. The molecule has 0 unspecified atom stereocenters. The van der Waals surface area contributed by atoms with Gasteiger partial charge < -0.3 is 15.8 Å². The fraction of sp³-hybridized carbons (Fsp3) is 0.167. The van der Waals surface area contributed by atoms with Gasteiger partial charge in [0.15, 0.2) is 0 Å². The van der Waals surface area contributed by atoms with E-state index in [1.165, 1.54) is 0 Å². The molecule has 2 heterocycles. The topological polar surface area (TPSA) is 115 Å². The van der Waals surface area contributed by atoms with Gasteiger partial charge in [-0.1, -0.05) is 18.2 Å². The molecule has 4 rings (SSSR count). The maximum absolute atomic E-state index is 12.6. The quantitative estimate of drug-likeness (QED) is 0.519. The van der Waals surface area contributed by atoms with Crippen molar-refractivity contribution in [2.45, 2.75) is 12.6 Å². The molecule has 0 saturated heterocycles. The Labute approximate surface area is 150 Å². The van der Waals surface area contributed by atoms with Crippen LogP contribution in [0.1, 0.15) is 12.5 Å². The first kappa shape index (κ1) is 15.9. The first-order valence-electron chi connectivity index (χ1n) is 8.29. The fourth-order valence-corrected chi connectivity index (χ4v) is 3.06. The summed E-state index contributed by atoms with van der Waals surface area (Å²) in [6.45, 7) is 2.54. The lowest BCUT2D eigenvalue weighted by molar-refractivity contribution is -0.544. The average Bonchev–Trinajstić information content (AvgIpc) is 2.88. The number of carbonyl (C=O) groups excluding carboxylic acids is 1. The number of aliphatic imine (C=N–C) groups is 1. The van der Waals surface area contributed by atoms with Crippen molar-refractivity contribution in [3.8, 4) is 5.75 Å². The van der Waals surface area contributed by atoms with Crippen LogP contribution in [0.3, 0.4) is 0 Å². The minimum Gasteiger partial charge on any atom is -0.494 e. The third kappa shape index (κ3) is 2.61. The number of amides is 1. The maximum atomic E-state index is 12.6. The molecule has 0 bridgehead atoms. The summed E-state index contributed by atoms with van der Waals surface area (Å²) in [5.74, 6) is 1.11. The summed E-state index contributed by atoms with van der Waals surface area (Å²) in [7, 11) is 0. The minimum absolute atomic E-state index is 0.143. The molecule has 8 nitrogen and oxygen atoms in total. The number of fused-ring (bicyclic) bond motifs is 2. The molecule has 1 amide bonds. The lowest BCUT2D eigenvalue weighted by Crippen LogP contribution is -2.92. The number of carbonyl (C=O) groups is 1. The lowest BCUT2D eigenvalue weighted by atomic mass is 10.0. The Hall–Kier alpha value is -3.55. The Morgan fingerprint density at radius 1 is 1.19 bits per heavy atom. The van der Waals surface area contributed by atoms with E-state index in [9.17, 15) is 4.79 Å². The largest absolute Gasteiger partial charge is 0.494 e. The van der Waals surface area contributed by atoms with Crippen molar-refractivity contribution in [2.24, 2.45) is 10.7 Å². The van der Waals surface area contributed by atoms with Gasteiger partial charge in [0.05, 0.1) is 18.0 Å². The van der Waals surface area contributed by atoms with Gasteiger partial charge in [-0.2, -0.15) is 4.99 Å². The highest BCUT2D eigenvalue weighted by molar-refractivity contribution is 6.09. The molecule has 2 aliphatic rings. The molecule has 0 radical (unpaired) electrons. The van der Waals surface area contributed by atoms with Gasteiger partial charge >= 0.3 is 5.96 Å². The van der Waals surface area contributed by atoms with Crippen molar-refractivity contribution in [2.75, 3.05) is 17.2 Å². The Morgan fingerprint density at radius 3 is 2.73 bits per heavy atom. The summed E-state index contributed by atoms with van der Waals surface area (Å²) >= 11 is 0. The summed E-state index contributed by atoms with van der Waals surface area (Å²) in [6.07, 6.45) is 0. The highest BCUT2D eigenvalue weighted by Crippen LogP contribution is 2.33. The third-order valence-corrected chi connectivity index (χ3v) is 4.18. The van der Waals surface area contributed by atoms with Crippen molar-refractivity contribution >= 4 is 29.2 Å². The van der Waals surface area contributed by atoms with Gasteiger partial charge in [0.25, 0.3) is 17.5 Å². The number of benzene rings is 2. The normalized spacial score (nSPS) is 20.6. The van der Waals surface area contributed by atoms with Gasteiger partial charge in [-0.15, -0.1) is 0 Å². The number of rotatable bonds is 3. The van der Waals surface area contributed by atoms with Gasteiger partial charge in [0, 0.05) is 5.56 Å². The molecule has 1 atom stereocenters. The van der Waals surface area contributed by atoms with Crippen LogP contribution in [0.5, 0.6) is 5.75 Å². The number of nitrogens with one attached hydrogen (secondary N) is 4. The van der Waals surface area contributed by atoms with Gasteiger partial charge in [-0.3, -0.25) is 4.79 Å².